The van der Waals surface area contributed by atoms with E-state index in [-0.39, 0.29) is 6.61 Å². The van der Waals surface area contributed by atoms with Gasteiger partial charge in [0.15, 0.2) is 0 Å². The van der Waals surface area contributed by atoms with Gasteiger partial charge < -0.3 is 5.11 Å². The van der Waals surface area contributed by atoms with Crippen LogP contribution in [0.2, 0.25) is 0 Å². The molecule has 0 unspecified atom stereocenters. The zero-order chi connectivity index (χ0) is 13.5. The van der Waals surface area contributed by atoms with Gasteiger partial charge in [-0.2, -0.15) is 4.31 Å². The molecule has 1 N–H and O–H groups in total. The van der Waals surface area contributed by atoms with Gasteiger partial charge in [-0.25, -0.2) is 8.42 Å². The van der Waals surface area contributed by atoms with E-state index >= 15 is 0 Å². The fourth-order valence-electron chi connectivity index (χ4n) is 2.26. The summed E-state index contributed by atoms with van der Waals surface area (Å²) in [4.78, 5) is 0.859. The summed E-state index contributed by atoms with van der Waals surface area (Å²) in [5.41, 5.74) is 0. The minimum atomic E-state index is -3.43. The Balaban J connectivity index is 1.85. The van der Waals surface area contributed by atoms with Crippen LogP contribution in [0.5, 0.6) is 0 Å². The highest BCUT2D eigenvalue weighted by molar-refractivity contribution is 7.89. The summed E-state index contributed by atoms with van der Waals surface area (Å²) in [6, 6.07) is 1.62. The summed E-state index contributed by atoms with van der Waals surface area (Å²) in [5.74, 6) is 1.09. The third kappa shape index (κ3) is 3.02. The number of rotatable bonds is 7. The van der Waals surface area contributed by atoms with Crippen molar-refractivity contribution in [3.8, 4) is 0 Å². The van der Waals surface area contributed by atoms with E-state index in [1.165, 1.54) is 11.3 Å². The molecule has 0 saturated heterocycles. The molecule has 1 heterocycles. The van der Waals surface area contributed by atoms with Crippen molar-refractivity contribution in [2.75, 3.05) is 13.1 Å². The first kappa shape index (κ1) is 13.5. The fourth-order valence-corrected chi connectivity index (χ4v) is 5.12. The molecule has 0 radical (unpaired) electrons. The average Bonchev–Trinajstić information content (AvgIpc) is 3.30. The Labute approximate surface area is 118 Å². The van der Waals surface area contributed by atoms with Crippen molar-refractivity contribution in [3.63, 3.8) is 0 Å². The molecule has 1 aromatic heterocycles. The van der Waals surface area contributed by atoms with Crippen LogP contribution in [0.15, 0.2) is 16.3 Å². The van der Waals surface area contributed by atoms with Gasteiger partial charge in [-0.3, -0.25) is 0 Å². The number of hydrogen-bond acceptors (Lipinski definition) is 4. The molecular weight excluding hydrogens is 282 g/mol. The zero-order valence-electron chi connectivity index (χ0n) is 10.8. The number of nitrogens with zero attached hydrogens (tertiary/aromatic N) is 1. The second-order valence-electron chi connectivity index (χ2n) is 5.57. The summed E-state index contributed by atoms with van der Waals surface area (Å²) in [5, 5.41) is 11.0. The van der Waals surface area contributed by atoms with Crippen molar-refractivity contribution in [2.45, 2.75) is 37.2 Å². The van der Waals surface area contributed by atoms with E-state index in [4.69, 9.17) is 0 Å². The predicted octanol–water partition coefficient (Wildman–Crippen LogP) is 2.05. The van der Waals surface area contributed by atoms with Gasteiger partial charge in [0, 0.05) is 18.0 Å². The van der Waals surface area contributed by atoms with E-state index in [2.05, 4.69) is 0 Å². The maximum atomic E-state index is 12.7. The van der Waals surface area contributed by atoms with Gasteiger partial charge in [0.05, 0.1) is 11.5 Å². The number of aliphatic hydroxyl groups excluding tert-OH is 1. The third-order valence-corrected chi connectivity index (χ3v) is 6.73. The minimum absolute atomic E-state index is 0.201. The van der Waals surface area contributed by atoms with Crippen LogP contribution in [0, 0.1) is 11.8 Å². The molecule has 0 aromatic carbocycles. The molecule has 3 rings (SSSR count). The molecule has 0 spiro atoms. The van der Waals surface area contributed by atoms with Crippen LogP contribution in [0.4, 0.5) is 0 Å². The van der Waals surface area contributed by atoms with Gasteiger partial charge in [0.25, 0.3) is 0 Å². The Kier molecular flexibility index (Phi) is 3.68. The summed E-state index contributed by atoms with van der Waals surface area (Å²) in [6.07, 6.45) is 4.58. The van der Waals surface area contributed by atoms with Crippen LogP contribution < -0.4 is 0 Å². The van der Waals surface area contributed by atoms with Gasteiger partial charge in [0.1, 0.15) is 0 Å². The van der Waals surface area contributed by atoms with Crippen LogP contribution in [0.3, 0.4) is 0 Å². The predicted molar refractivity (Wildman–Crippen MR) is 74.4 cm³/mol. The van der Waals surface area contributed by atoms with Crippen LogP contribution in [-0.2, 0) is 16.6 Å². The Morgan fingerprint density at radius 1 is 1.21 bits per heavy atom. The van der Waals surface area contributed by atoms with E-state index < -0.39 is 10.0 Å². The lowest BCUT2D eigenvalue weighted by atomic mass is 10.4. The standard InChI is InChI=1S/C13H19NO3S2/c15-9-12-13(5-6-18-12)19(16,17)14(7-10-1-2-10)8-11-3-4-11/h5-6,10-11,15H,1-4,7-9H2. The van der Waals surface area contributed by atoms with Gasteiger partial charge in [-0.15, -0.1) is 11.3 Å². The van der Waals surface area contributed by atoms with Gasteiger partial charge in [-0.05, 0) is 49.0 Å². The molecule has 2 saturated carbocycles. The van der Waals surface area contributed by atoms with Gasteiger partial charge in [-0.1, -0.05) is 0 Å². The van der Waals surface area contributed by atoms with Crippen LogP contribution in [0.25, 0.3) is 0 Å². The Bertz CT molecular complexity index is 530. The summed E-state index contributed by atoms with van der Waals surface area (Å²) >= 11 is 1.31. The lowest BCUT2D eigenvalue weighted by Gasteiger charge is -2.22. The fraction of sp³-hybridized carbons (Fsp3) is 0.692. The van der Waals surface area contributed by atoms with E-state index in [9.17, 15) is 13.5 Å². The zero-order valence-corrected chi connectivity index (χ0v) is 12.4. The first-order chi connectivity index (χ1) is 9.11. The Morgan fingerprint density at radius 2 is 1.79 bits per heavy atom. The highest BCUT2D eigenvalue weighted by Gasteiger charge is 2.36. The number of sulfonamides is 1. The molecule has 1 aromatic rings. The number of hydrogen-bond donors (Lipinski definition) is 1. The van der Waals surface area contributed by atoms with E-state index in [1.807, 2.05) is 0 Å². The summed E-state index contributed by atoms with van der Waals surface area (Å²) in [7, 11) is -3.43. The van der Waals surface area contributed by atoms with Crippen LogP contribution >= 0.6 is 11.3 Å². The normalized spacial score (nSPS) is 20.1. The number of aliphatic hydroxyl groups is 1. The van der Waals surface area contributed by atoms with E-state index in [1.54, 1.807) is 15.8 Å². The molecule has 0 bridgehead atoms. The van der Waals surface area contributed by atoms with Crippen molar-refractivity contribution >= 4 is 21.4 Å². The molecule has 19 heavy (non-hydrogen) atoms. The average molecular weight is 301 g/mol. The molecule has 2 fully saturated rings. The molecule has 4 nitrogen and oxygen atoms in total. The monoisotopic (exact) mass is 301 g/mol. The smallest absolute Gasteiger partial charge is 0.244 e. The topological polar surface area (TPSA) is 57.6 Å². The molecular formula is C13H19NO3S2. The second-order valence-corrected chi connectivity index (χ2v) is 8.48. The number of thiophene rings is 1. The van der Waals surface area contributed by atoms with Crippen LogP contribution in [0.1, 0.15) is 30.6 Å². The van der Waals surface area contributed by atoms with E-state index in [0.29, 0.717) is 34.7 Å². The molecule has 0 aliphatic heterocycles. The first-order valence-electron chi connectivity index (χ1n) is 6.78. The lowest BCUT2D eigenvalue weighted by Crippen LogP contribution is -2.35. The minimum Gasteiger partial charge on any atom is -0.391 e. The summed E-state index contributed by atoms with van der Waals surface area (Å²) in [6.45, 7) is 1.10. The van der Waals surface area contributed by atoms with E-state index in [0.717, 1.165) is 25.7 Å². The summed E-state index contributed by atoms with van der Waals surface area (Å²) < 4.78 is 27.1. The molecule has 2 aliphatic carbocycles. The second kappa shape index (κ2) is 5.16. The van der Waals surface area contributed by atoms with Gasteiger partial charge in [0.2, 0.25) is 10.0 Å². The SMILES string of the molecule is O=S(=O)(c1ccsc1CO)N(CC1CC1)CC1CC1. The molecule has 106 valence electrons. The first-order valence-corrected chi connectivity index (χ1v) is 9.10. The highest BCUT2D eigenvalue weighted by Crippen LogP contribution is 2.36. The Hall–Kier alpha value is -0.430. The third-order valence-electron chi connectivity index (χ3n) is 3.78. The maximum Gasteiger partial charge on any atom is 0.244 e. The van der Waals surface area contributed by atoms with Crippen molar-refractivity contribution in [2.24, 2.45) is 11.8 Å². The van der Waals surface area contributed by atoms with Gasteiger partial charge >= 0.3 is 0 Å². The van der Waals surface area contributed by atoms with Crippen molar-refractivity contribution in [1.82, 2.24) is 4.31 Å². The Morgan fingerprint density at radius 3 is 2.26 bits per heavy atom. The van der Waals surface area contributed by atoms with Crippen molar-refractivity contribution in [1.29, 1.82) is 0 Å². The van der Waals surface area contributed by atoms with Crippen LogP contribution in [-0.4, -0.2) is 30.9 Å². The quantitative estimate of drug-likeness (QED) is 0.838. The molecule has 2 aliphatic rings. The lowest BCUT2D eigenvalue weighted by molar-refractivity contribution is 0.282. The molecule has 6 heteroatoms. The molecule has 0 amide bonds. The highest BCUT2D eigenvalue weighted by atomic mass is 32.2. The van der Waals surface area contributed by atoms with Crippen molar-refractivity contribution < 1.29 is 13.5 Å². The van der Waals surface area contributed by atoms with Crippen molar-refractivity contribution in [3.05, 3.63) is 16.3 Å². The largest absolute Gasteiger partial charge is 0.391 e. The molecule has 0 atom stereocenters. The maximum absolute atomic E-state index is 12.7.